The van der Waals surface area contributed by atoms with Gasteiger partial charge in [0.2, 0.25) is 0 Å². The Morgan fingerprint density at radius 3 is 2.58 bits per heavy atom. The number of nitrogens with one attached hydrogen (secondary N) is 1. The molecule has 1 aliphatic heterocycles. The molecule has 3 rings (SSSR count). The first-order valence-electron chi connectivity index (χ1n) is 8.00. The van der Waals surface area contributed by atoms with Gasteiger partial charge in [0.1, 0.15) is 0 Å². The van der Waals surface area contributed by atoms with Gasteiger partial charge in [0.15, 0.2) is 0 Å². The average Bonchev–Trinajstić information content (AvgIpc) is 2.55. The number of aryl methyl sites for hydroxylation is 1. The van der Waals surface area contributed by atoms with Crippen LogP contribution in [0.5, 0.6) is 0 Å². The van der Waals surface area contributed by atoms with Gasteiger partial charge < -0.3 is 9.64 Å². The second kappa shape index (κ2) is 6.83. The fraction of sp³-hybridized carbons (Fsp3) is 0.333. The fourth-order valence-corrected chi connectivity index (χ4v) is 3.95. The lowest BCUT2D eigenvalue weighted by Gasteiger charge is -2.33. The summed E-state index contributed by atoms with van der Waals surface area (Å²) in [5, 5.41) is 0. The van der Waals surface area contributed by atoms with Crippen molar-refractivity contribution >= 4 is 21.4 Å². The van der Waals surface area contributed by atoms with Gasteiger partial charge >= 0.3 is 0 Å². The molecule has 1 fully saturated rings. The highest BCUT2D eigenvalue weighted by Crippen LogP contribution is 2.22. The van der Waals surface area contributed by atoms with E-state index in [1.54, 1.807) is 30.3 Å². The summed E-state index contributed by atoms with van der Waals surface area (Å²) in [6.07, 6.45) is 0.207. The van der Waals surface area contributed by atoms with Gasteiger partial charge in [-0.1, -0.05) is 12.1 Å². The van der Waals surface area contributed by atoms with E-state index in [4.69, 9.17) is 4.74 Å². The summed E-state index contributed by atoms with van der Waals surface area (Å²) in [7, 11) is -3.57. The molecule has 1 N–H and O–H groups in total. The zero-order valence-corrected chi connectivity index (χ0v) is 14.7. The van der Waals surface area contributed by atoms with E-state index in [2.05, 4.69) is 16.5 Å². The number of nitrogens with zero attached hydrogens (tertiary/aromatic N) is 1. The van der Waals surface area contributed by atoms with Gasteiger partial charge in [-0.15, -0.1) is 0 Å². The number of sulfonamides is 1. The quantitative estimate of drug-likeness (QED) is 0.924. The number of benzene rings is 2. The summed E-state index contributed by atoms with van der Waals surface area (Å²) in [4.78, 5) is 2.51. The molecule has 0 bridgehead atoms. The second-order valence-electron chi connectivity index (χ2n) is 6.10. The molecule has 0 radical (unpaired) electrons. The summed E-state index contributed by atoms with van der Waals surface area (Å²) in [6, 6.07) is 14.3. The molecule has 24 heavy (non-hydrogen) atoms. The first-order valence-corrected chi connectivity index (χ1v) is 9.48. The van der Waals surface area contributed by atoms with Crippen LogP contribution in [0.1, 0.15) is 12.5 Å². The number of hydrogen-bond acceptors (Lipinski definition) is 4. The average molecular weight is 346 g/mol. The molecule has 0 aliphatic carbocycles. The van der Waals surface area contributed by atoms with Crippen LogP contribution in [0.25, 0.3) is 0 Å². The van der Waals surface area contributed by atoms with E-state index in [-0.39, 0.29) is 11.0 Å². The number of anilines is 2. The monoisotopic (exact) mass is 346 g/mol. The van der Waals surface area contributed by atoms with Gasteiger partial charge in [-0.25, -0.2) is 8.42 Å². The van der Waals surface area contributed by atoms with E-state index >= 15 is 0 Å². The van der Waals surface area contributed by atoms with Crippen LogP contribution in [0.3, 0.4) is 0 Å². The van der Waals surface area contributed by atoms with E-state index in [1.165, 1.54) is 0 Å². The van der Waals surface area contributed by atoms with E-state index in [0.29, 0.717) is 12.3 Å². The van der Waals surface area contributed by atoms with Crippen molar-refractivity contribution < 1.29 is 13.2 Å². The summed E-state index contributed by atoms with van der Waals surface area (Å²) in [6.45, 7) is 6.32. The summed E-state index contributed by atoms with van der Waals surface area (Å²) < 4.78 is 33.1. The first kappa shape index (κ1) is 16.8. The van der Waals surface area contributed by atoms with Gasteiger partial charge in [0.05, 0.1) is 17.6 Å². The summed E-state index contributed by atoms with van der Waals surface area (Å²) in [5.41, 5.74) is 2.54. The number of rotatable bonds is 4. The van der Waals surface area contributed by atoms with E-state index < -0.39 is 10.0 Å². The SMILES string of the molecule is Cc1cccc(S(=O)(=O)Nc2ccc(N3CCOC(C)C3)cc2)c1. The molecule has 0 aromatic heterocycles. The van der Waals surface area contributed by atoms with Crippen molar-refractivity contribution in [3.8, 4) is 0 Å². The van der Waals surface area contributed by atoms with Crippen molar-refractivity contribution in [2.24, 2.45) is 0 Å². The minimum absolute atomic E-state index is 0.207. The van der Waals surface area contributed by atoms with Crippen molar-refractivity contribution in [1.29, 1.82) is 0 Å². The molecule has 0 saturated carbocycles. The molecular formula is C18H22N2O3S. The molecule has 2 aromatic rings. The Hall–Kier alpha value is -2.05. The Morgan fingerprint density at radius 1 is 1.17 bits per heavy atom. The van der Waals surface area contributed by atoms with Gasteiger partial charge in [-0.05, 0) is 55.8 Å². The van der Waals surface area contributed by atoms with Crippen LogP contribution in [-0.2, 0) is 14.8 Å². The number of ether oxygens (including phenoxy) is 1. The smallest absolute Gasteiger partial charge is 0.261 e. The molecule has 128 valence electrons. The highest BCUT2D eigenvalue weighted by molar-refractivity contribution is 7.92. The zero-order valence-electron chi connectivity index (χ0n) is 13.9. The first-order chi connectivity index (χ1) is 11.4. The van der Waals surface area contributed by atoms with Crippen molar-refractivity contribution in [2.75, 3.05) is 29.3 Å². The van der Waals surface area contributed by atoms with Gasteiger partial charge in [0.25, 0.3) is 10.0 Å². The fourth-order valence-electron chi connectivity index (χ4n) is 2.79. The van der Waals surface area contributed by atoms with Gasteiger partial charge in [-0.2, -0.15) is 0 Å². The molecule has 2 aromatic carbocycles. The third-order valence-corrected chi connectivity index (χ3v) is 5.40. The maximum atomic E-state index is 12.4. The minimum Gasteiger partial charge on any atom is -0.375 e. The minimum atomic E-state index is -3.57. The number of morpholine rings is 1. The molecule has 0 amide bonds. The molecular weight excluding hydrogens is 324 g/mol. The molecule has 1 heterocycles. The van der Waals surface area contributed by atoms with Crippen molar-refractivity contribution in [3.05, 3.63) is 54.1 Å². The Balaban J connectivity index is 1.74. The molecule has 1 saturated heterocycles. The third-order valence-electron chi connectivity index (χ3n) is 4.03. The standard InChI is InChI=1S/C18H22N2O3S/c1-14-4-3-5-18(12-14)24(21,22)19-16-6-8-17(9-7-16)20-10-11-23-15(2)13-20/h3-9,12,15,19H,10-11,13H2,1-2H3. The van der Waals surface area contributed by atoms with E-state index in [1.807, 2.05) is 25.1 Å². The molecule has 1 aliphatic rings. The summed E-state index contributed by atoms with van der Waals surface area (Å²) >= 11 is 0. The van der Waals surface area contributed by atoms with Gasteiger partial charge in [0, 0.05) is 24.5 Å². The predicted molar refractivity (Wildman–Crippen MR) is 96.1 cm³/mol. The van der Waals surface area contributed by atoms with Crippen LogP contribution in [0.15, 0.2) is 53.4 Å². The van der Waals surface area contributed by atoms with Crippen molar-refractivity contribution in [2.45, 2.75) is 24.8 Å². The zero-order chi connectivity index (χ0) is 17.2. The largest absolute Gasteiger partial charge is 0.375 e. The van der Waals surface area contributed by atoms with Crippen LogP contribution < -0.4 is 9.62 Å². The Kier molecular flexibility index (Phi) is 4.78. The molecule has 6 heteroatoms. The van der Waals surface area contributed by atoms with Crippen LogP contribution >= 0.6 is 0 Å². The van der Waals surface area contributed by atoms with Crippen molar-refractivity contribution in [1.82, 2.24) is 0 Å². The summed E-state index contributed by atoms with van der Waals surface area (Å²) in [5.74, 6) is 0. The highest BCUT2D eigenvalue weighted by Gasteiger charge is 2.18. The van der Waals surface area contributed by atoms with Crippen LogP contribution in [0, 0.1) is 6.92 Å². The molecule has 0 spiro atoms. The normalized spacial score (nSPS) is 18.4. The van der Waals surface area contributed by atoms with Crippen LogP contribution in [0.4, 0.5) is 11.4 Å². The highest BCUT2D eigenvalue weighted by atomic mass is 32.2. The maximum Gasteiger partial charge on any atom is 0.261 e. The lowest BCUT2D eigenvalue weighted by atomic mass is 10.2. The number of hydrogen-bond donors (Lipinski definition) is 1. The van der Waals surface area contributed by atoms with Crippen molar-refractivity contribution in [3.63, 3.8) is 0 Å². The lowest BCUT2D eigenvalue weighted by Crippen LogP contribution is -2.41. The van der Waals surface area contributed by atoms with Crippen LogP contribution in [-0.4, -0.2) is 34.2 Å². The van der Waals surface area contributed by atoms with Crippen LogP contribution in [0.2, 0.25) is 0 Å². The molecule has 1 atom stereocenters. The second-order valence-corrected chi connectivity index (χ2v) is 7.78. The van der Waals surface area contributed by atoms with Gasteiger partial charge in [-0.3, -0.25) is 4.72 Å². The van der Waals surface area contributed by atoms with E-state index in [0.717, 1.165) is 24.3 Å². The molecule has 1 unspecified atom stereocenters. The maximum absolute atomic E-state index is 12.4. The van der Waals surface area contributed by atoms with E-state index in [9.17, 15) is 8.42 Å². The Labute approximate surface area is 143 Å². The Bertz CT molecular complexity index is 803. The topological polar surface area (TPSA) is 58.6 Å². The third kappa shape index (κ3) is 3.88. The predicted octanol–water partition coefficient (Wildman–Crippen LogP) is 3.02. The lowest BCUT2D eigenvalue weighted by molar-refractivity contribution is 0.0532. The Morgan fingerprint density at radius 2 is 1.92 bits per heavy atom. The molecule has 5 nitrogen and oxygen atoms in total.